The van der Waals surface area contributed by atoms with Gasteiger partial charge in [0.2, 0.25) is 11.7 Å². The topological polar surface area (TPSA) is 147 Å². The van der Waals surface area contributed by atoms with Crippen LogP contribution in [0.15, 0.2) is 27.6 Å². The van der Waals surface area contributed by atoms with E-state index in [1.807, 2.05) is 13.1 Å². The van der Waals surface area contributed by atoms with E-state index in [4.69, 9.17) is 14.4 Å². The smallest absolute Gasteiger partial charge is 0.475 e. The molecular formula is C19H19F3N6O4. The van der Waals surface area contributed by atoms with E-state index in [1.165, 1.54) is 17.2 Å². The van der Waals surface area contributed by atoms with Crippen molar-refractivity contribution >= 4 is 5.97 Å². The molecule has 0 bridgehead atoms. The molecule has 0 fully saturated rings. The number of H-pyrrole nitrogens is 1. The van der Waals surface area contributed by atoms with Crippen LogP contribution in [0.5, 0.6) is 0 Å². The maximum Gasteiger partial charge on any atom is 0.490 e. The van der Waals surface area contributed by atoms with Gasteiger partial charge in [0, 0.05) is 42.9 Å². The Morgan fingerprint density at radius 2 is 2.03 bits per heavy atom. The second-order valence-electron chi connectivity index (χ2n) is 6.88. The van der Waals surface area contributed by atoms with Gasteiger partial charge in [-0.3, -0.25) is 9.78 Å². The molecule has 0 aromatic carbocycles. The summed E-state index contributed by atoms with van der Waals surface area (Å²) in [5, 5.41) is 21.0. The summed E-state index contributed by atoms with van der Waals surface area (Å²) in [5.74, 6) is -1.62. The Balaban J connectivity index is 0.000000360. The maximum atomic E-state index is 11.0. The van der Waals surface area contributed by atoms with Gasteiger partial charge in [-0.05, 0) is 37.1 Å². The lowest BCUT2D eigenvalue weighted by Crippen LogP contribution is -2.24. The number of rotatable bonds is 4. The Morgan fingerprint density at radius 1 is 1.28 bits per heavy atom. The van der Waals surface area contributed by atoms with E-state index in [0.717, 1.165) is 36.5 Å². The maximum absolute atomic E-state index is 11.0. The molecule has 0 saturated heterocycles. The summed E-state index contributed by atoms with van der Waals surface area (Å²) >= 11 is 0. The van der Waals surface area contributed by atoms with Gasteiger partial charge in [-0.1, -0.05) is 5.16 Å². The molecule has 0 aliphatic carbocycles. The number of alkyl halides is 3. The summed E-state index contributed by atoms with van der Waals surface area (Å²) in [5.41, 5.74) is 4.90. The first-order valence-corrected chi connectivity index (χ1v) is 9.51. The van der Waals surface area contributed by atoms with E-state index in [9.17, 15) is 18.0 Å². The van der Waals surface area contributed by atoms with Crippen LogP contribution in [0.3, 0.4) is 0 Å². The number of hydrogen-bond donors (Lipinski definition) is 3. The van der Waals surface area contributed by atoms with E-state index in [2.05, 4.69) is 30.6 Å². The molecule has 0 radical (unpaired) electrons. The normalized spacial score (nSPS) is 13.1. The first kappa shape index (κ1) is 23.1. The Kier molecular flexibility index (Phi) is 6.98. The van der Waals surface area contributed by atoms with Crippen LogP contribution in [-0.4, -0.2) is 49.1 Å². The fourth-order valence-corrected chi connectivity index (χ4v) is 3.07. The van der Waals surface area contributed by atoms with Crippen molar-refractivity contribution in [1.82, 2.24) is 30.6 Å². The highest BCUT2D eigenvalue weighted by atomic mass is 19.4. The zero-order valence-electron chi connectivity index (χ0n) is 16.9. The van der Waals surface area contributed by atoms with E-state index in [0.29, 0.717) is 24.6 Å². The summed E-state index contributed by atoms with van der Waals surface area (Å²) in [4.78, 5) is 29.0. The predicted octanol–water partition coefficient (Wildman–Crippen LogP) is 1.59. The minimum Gasteiger partial charge on any atom is -0.475 e. The molecule has 10 nitrogen and oxygen atoms in total. The molecule has 170 valence electrons. The Morgan fingerprint density at radius 3 is 2.69 bits per heavy atom. The number of fused-ring (bicyclic) bond motifs is 1. The van der Waals surface area contributed by atoms with E-state index in [-0.39, 0.29) is 5.56 Å². The van der Waals surface area contributed by atoms with Crippen molar-refractivity contribution in [1.29, 1.82) is 0 Å². The van der Waals surface area contributed by atoms with Gasteiger partial charge in [-0.15, -0.1) is 0 Å². The fourth-order valence-electron chi connectivity index (χ4n) is 3.07. The number of nitrogens with one attached hydrogen (secondary N) is 2. The van der Waals surface area contributed by atoms with Crippen LogP contribution in [0.1, 0.15) is 28.4 Å². The third-order valence-corrected chi connectivity index (χ3v) is 4.60. The van der Waals surface area contributed by atoms with Crippen molar-refractivity contribution in [2.75, 3.05) is 6.54 Å². The number of carboxylic acids is 1. The predicted molar refractivity (Wildman–Crippen MR) is 104 cm³/mol. The zero-order valence-corrected chi connectivity index (χ0v) is 16.9. The zero-order chi connectivity index (χ0) is 23.3. The van der Waals surface area contributed by atoms with Crippen LogP contribution in [0, 0.1) is 6.92 Å². The molecule has 0 spiro atoms. The number of aryl methyl sites for hydroxylation is 3. The molecule has 13 heteroatoms. The number of nitrogens with zero attached hydrogens (tertiary/aromatic N) is 4. The van der Waals surface area contributed by atoms with Crippen LogP contribution in [0.2, 0.25) is 0 Å². The number of hydrogen-bond acceptors (Lipinski definition) is 8. The number of pyridine rings is 1. The Labute approximate surface area is 178 Å². The second-order valence-corrected chi connectivity index (χ2v) is 6.88. The van der Waals surface area contributed by atoms with Crippen LogP contribution >= 0.6 is 0 Å². The molecule has 0 atom stereocenters. The van der Waals surface area contributed by atoms with Gasteiger partial charge in [-0.2, -0.15) is 23.3 Å². The molecule has 4 heterocycles. The average Bonchev–Trinajstić information content (AvgIpc) is 3.21. The highest BCUT2D eigenvalue weighted by Gasteiger charge is 2.38. The summed E-state index contributed by atoms with van der Waals surface area (Å²) in [6, 6.07) is 3.16. The quantitative estimate of drug-likeness (QED) is 0.537. The van der Waals surface area contributed by atoms with Gasteiger partial charge in [0.1, 0.15) is 0 Å². The van der Waals surface area contributed by atoms with Gasteiger partial charge in [0.15, 0.2) is 0 Å². The standard InChI is InChI=1S/C17H18N6O2.C2HF3O2/c1-10-16(13-6-7-18-8-11(13)9-19-10)17-20-15(25-23-17)5-3-12-2-4-14(24)22-21-12;3-2(4,5)1(6)7/h2,4,9,18H,3,5-8H2,1H3,(H,22,24);(H,6,7). The van der Waals surface area contributed by atoms with Crippen molar-refractivity contribution in [2.24, 2.45) is 0 Å². The molecular weight excluding hydrogens is 433 g/mol. The van der Waals surface area contributed by atoms with Crippen molar-refractivity contribution < 1.29 is 27.6 Å². The summed E-state index contributed by atoms with van der Waals surface area (Å²) < 4.78 is 37.1. The van der Waals surface area contributed by atoms with Gasteiger partial charge in [0.25, 0.3) is 5.56 Å². The van der Waals surface area contributed by atoms with Gasteiger partial charge < -0.3 is 14.9 Å². The summed E-state index contributed by atoms with van der Waals surface area (Å²) in [7, 11) is 0. The first-order chi connectivity index (χ1) is 15.1. The monoisotopic (exact) mass is 452 g/mol. The van der Waals surface area contributed by atoms with E-state index in [1.54, 1.807) is 6.07 Å². The van der Waals surface area contributed by atoms with Crippen molar-refractivity contribution in [3.8, 4) is 11.4 Å². The van der Waals surface area contributed by atoms with Gasteiger partial charge in [0.05, 0.1) is 5.69 Å². The van der Waals surface area contributed by atoms with E-state index < -0.39 is 12.1 Å². The largest absolute Gasteiger partial charge is 0.490 e. The van der Waals surface area contributed by atoms with E-state index >= 15 is 0 Å². The molecule has 0 amide bonds. The molecule has 0 unspecified atom stereocenters. The third-order valence-electron chi connectivity index (χ3n) is 4.60. The molecule has 4 rings (SSSR count). The number of carbonyl (C=O) groups is 1. The molecule has 3 aromatic rings. The summed E-state index contributed by atoms with van der Waals surface area (Å²) in [6.45, 7) is 3.72. The summed E-state index contributed by atoms with van der Waals surface area (Å²) in [6.07, 6.45) is -1.05. The molecule has 1 aliphatic heterocycles. The lowest BCUT2D eigenvalue weighted by Gasteiger charge is -2.19. The number of aliphatic carboxylic acids is 1. The number of aromatic nitrogens is 5. The minimum atomic E-state index is -5.08. The lowest BCUT2D eigenvalue weighted by molar-refractivity contribution is -0.192. The molecule has 1 aliphatic rings. The number of carboxylic acid groups (broad SMARTS) is 1. The highest BCUT2D eigenvalue weighted by Crippen LogP contribution is 2.28. The van der Waals surface area contributed by atoms with Crippen molar-refractivity contribution in [2.45, 2.75) is 38.9 Å². The molecule has 0 saturated carbocycles. The highest BCUT2D eigenvalue weighted by molar-refractivity contribution is 5.73. The van der Waals surface area contributed by atoms with Crippen LogP contribution in [0.4, 0.5) is 13.2 Å². The second kappa shape index (κ2) is 9.68. The van der Waals surface area contributed by atoms with Crippen LogP contribution in [-0.2, 0) is 30.6 Å². The Hall–Kier alpha value is -3.61. The van der Waals surface area contributed by atoms with Gasteiger partial charge in [-0.25, -0.2) is 9.89 Å². The molecule has 3 N–H and O–H groups in total. The van der Waals surface area contributed by atoms with Crippen LogP contribution < -0.4 is 10.9 Å². The van der Waals surface area contributed by atoms with Crippen LogP contribution in [0.25, 0.3) is 11.4 Å². The molecule has 3 aromatic heterocycles. The van der Waals surface area contributed by atoms with Crippen molar-refractivity contribution in [3.63, 3.8) is 0 Å². The van der Waals surface area contributed by atoms with Crippen molar-refractivity contribution in [3.05, 3.63) is 57.1 Å². The lowest BCUT2D eigenvalue weighted by atomic mass is 9.95. The third kappa shape index (κ3) is 5.75. The van der Waals surface area contributed by atoms with Gasteiger partial charge >= 0.3 is 12.1 Å². The number of halogens is 3. The first-order valence-electron chi connectivity index (χ1n) is 9.51. The Bertz CT molecular complexity index is 1140. The number of aromatic amines is 1. The molecule has 32 heavy (non-hydrogen) atoms. The fraction of sp³-hybridized carbons (Fsp3) is 0.368. The minimum absolute atomic E-state index is 0.213. The average molecular weight is 452 g/mol. The SMILES string of the molecule is Cc1ncc2c(c1-c1noc(CCc3ccc(=O)[nH]n3)n1)CCNC2.O=C(O)C(F)(F)F.